The normalized spacial score (nSPS) is 23.5. The first-order valence-corrected chi connectivity index (χ1v) is 15.3. The van der Waals surface area contributed by atoms with E-state index in [4.69, 9.17) is 0 Å². The van der Waals surface area contributed by atoms with Crippen LogP contribution in [-0.4, -0.2) is 0 Å². The Morgan fingerprint density at radius 3 is 1.34 bits per heavy atom. The summed E-state index contributed by atoms with van der Waals surface area (Å²) in [6, 6.07) is 5.09. The molecule has 0 saturated heterocycles. The van der Waals surface area contributed by atoms with Gasteiger partial charge in [0, 0.05) is 0 Å². The van der Waals surface area contributed by atoms with Crippen molar-refractivity contribution in [3.05, 3.63) is 67.8 Å². The Balaban J connectivity index is 0.00000253. The monoisotopic (exact) mass is 518 g/mol. The van der Waals surface area contributed by atoms with E-state index >= 15 is 0 Å². The maximum absolute atomic E-state index is 2.58. The Morgan fingerprint density at radius 2 is 0.895 bits per heavy atom. The van der Waals surface area contributed by atoms with Gasteiger partial charge in [-0.05, 0) is 185 Å². The summed E-state index contributed by atoms with van der Waals surface area (Å²) in [5.74, 6) is 3.60. The summed E-state index contributed by atoms with van der Waals surface area (Å²) in [6.07, 6.45) is 16.4. The molecular weight excluding hydrogens is 456 g/mol. The van der Waals surface area contributed by atoms with Gasteiger partial charge < -0.3 is 0 Å². The van der Waals surface area contributed by atoms with Crippen LogP contribution in [0.2, 0.25) is 0 Å². The van der Waals surface area contributed by atoms with Crippen molar-refractivity contribution in [2.24, 2.45) is 23.7 Å². The van der Waals surface area contributed by atoms with Crippen molar-refractivity contribution in [1.82, 2.24) is 0 Å². The average molecular weight is 519 g/mol. The van der Waals surface area contributed by atoms with Crippen LogP contribution >= 0.6 is 0 Å². The van der Waals surface area contributed by atoms with Crippen LogP contribution in [0, 0.1) is 65.2 Å². The summed E-state index contributed by atoms with van der Waals surface area (Å²) in [7, 11) is 0. The van der Waals surface area contributed by atoms with Crippen LogP contribution < -0.4 is 0 Å². The van der Waals surface area contributed by atoms with E-state index in [0.29, 0.717) is 0 Å². The van der Waals surface area contributed by atoms with Crippen molar-refractivity contribution in [1.29, 1.82) is 0 Å². The lowest BCUT2D eigenvalue weighted by Gasteiger charge is -2.31. The molecular formula is C38H62. The standard InChI is InChI=1S/C36H54.2CH4/c1-9-35-24(3)18-33(26(5)28(35)7)21-31-14-16-32(17-15-31)22-36-25(4)19-34(27(6)29(36)8)20-30-12-10-23(2)11-13-30;;/h18-19,23,30-32H,9-17,20-22H2,1-8H3;2*1H4. The fraction of sp³-hybridized carbons (Fsp3) is 0.684. The predicted molar refractivity (Wildman–Crippen MR) is 172 cm³/mol. The van der Waals surface area contributed by atoms with Gasteiger partial charge in [-0.15, -0.1) is 0 Å². The number of hydrogen-bond acceptors (Lipinski definition) is 0. The predicted octanol–water partition coefficient (Wildman–Crippen LogP) is 11.3. The van der Waals surface area contributed by atoms with Crippen molar-refractivity contribution in [3.8, 4) is 0 Å². The molecule has 0 aliphatic heterocycles. The third-order valence-electron chi connectivity index (χ3n) is 10.7. The first-order valence-electron chi connectivity index (χ1n) is 15.3. The Labute approximate surface area is 238 Å². The van der Waals surface area contributed by atoms with Gasteiger partial charge >= 0.3 is 0 Å². The van der Waals surface area contributed by atoms with Gasteiger partial charge in [0.2, 0.25) is 0 Å². The summed E-state index contributed by atoms with van der Waals surface area (Å²) in [5, 5.41) is 0. The molecule has 4 rings (SSSR count). The van der Waals surface area contributed by atoms with Crippen molar-refractivity contribution in [2.75, 3.05) is 0 Å². The fourth-order valence-corrected chi connectivity index (χ4v) is 7.81. The van der Waals surface area contributed by atoms with E-state index in [9.17, 15) is 0 Å². The van der Waals surface area contributed by atoms with Crippen molar-refractivity contribution in [3.63, 3.8) is 0 Å². The first-order chi connectivity index (χ1) is 17.2. The molecule has 0 heteroatoms. The number of benzene rings is 2. The molecule has 0 bridgehead atoms. The van der Waals surface area contributed by atoms with Crippen LogP contribution in [0.5, 0.6) is 0 Å². The minimum Gasteiger partial charge on any atom is -0.0776 e. The SMILES string of the molecule is C.C.CCc1c(C)cc(CC2CCC(Cc3c(C)cc(CC4CCC(C)CC4)c(C)c3C)CC2)c(C)c1C. The zero-order valence-corrected chi connectivity index (χ0v) is 24.9. The molecule has 0 atom stereocenters. The van der Waals surface area contributed by atoms with E-state index in [0.717, 1.165) is 30.1 Å². The van der Waals surface area contributed by atoms with Crippen LogP contribution in [0.3, 0.4) is 0 Å². The highest BCUT2D eigenvalue weighted by Gasteiger charge is 2.25. The molecule has 0 aromatic heterocycles. The summed E-state index contributed by atoms with van der Waals surface area (Å²) < 4.78 is 0. The lowest BCUT2D eigenvalue weighted by atomic mass is 9.74. The van der Waals surface area contributed by atoms with E-state index < -0.39 is 0 Å². The van der Waals surface area contributed by atoms with Gasteiger partial charge in [-0.2, -0.15) is 0 Å². The number of aryl methyl sites for hydroxylation is 2. The highest BCUT2D eigenvalue weighted by molar-refractivity contribution is 5.46. The lowest BCUT2D eigenvalue weighted by molar-refractivity contribution is 0.271. The van der Waals surface area contributed by atoms with Gasteiger partial charge in [-0.3, -0.25) is 0 Å². The van der Waals surface area contributed by atoms with Crippen molar-refractivity contribution >= 4 is 0 Å². The van der Waals surface area contributed by atoms with Crippen LogP contribution in [-0.2, 0) is 25.7 Å². The van der Waals surface area contributed by atoms with Gasteiger partial charge in [0.05, 0.1) is 0 Å². The van der Waals surface area contributed by atoms with Gasteiger partial charge in [0.15, 0.2) is 0 Å². The Hall–Kier alpha value is -1.56. The Morgan fingerprint density at radius 1 is 0.526 bits per heavy atom. The Kier molecular flexibility index (Phi) is 12.2. The minimum atomic E-state index is 0. The maximum atomic E-state index is 2.58. The second kappa shape index (κ2) is 14.2. The van der Waals surface area contributed by atoms with Gasteiger partial charge in [0.1, 0.15) is 0 Å². The summed E-state index contributed by atoms with van der Waals surface area (Å²) in [6.45, 7) is 19.0. The molecule has 0 amide bonds. The van der Waals surface area contributed by atoms with Gasteiger partial charge in [-0.1, -0.05) is 53.7 Å². The quantitative estimate of drug-likeness (QED) is 0.342. The summed E-state index contributed by atoms with van der Waals surface area (Å²) >= 11 is 0. The van der Waals surface area contributed by atoms with Crippen molar-refractivity contribution < 1.29 is 0 Å². The van der Waals surface area contributed by atoms with Crippen molar-refractivity contribution in [2.45, 2.75) is 147 Å². The lowest BCUT2D eigenvalue weighted by Crippen LogP contribution is -2.20. The van der Waals surface area contributed by atoms with E-state index in [-0.39, 0.29) is 14.9 Å². The molecule has 0 heterocycles. The molecule has 2 aromatic carbocycles. The zero-order chi connectivity index (χ0) is 26.0. The smallest absolute Gasteiger partial charge is 0.0245 e. The van der Waals surface area contributed by atoms with Crippen LogP contribution in [0.4, 0.5) is 0 Å². The second-order valence-electron chi connectivity index (χ2n) is 13.1. The summed E-state index contributed by atoms with van der Waals surface area (Å²) in [4.78, 5) is 0. The summed E-state index contributed by atoms with van der Waals surface area (Å²) in [5.41, 5.74) is 15.9. The average Bonchev–Trinajstić information content (AvgIpc) is 2.86. The number of rotatable bonds is 7. The van der Waals surface area contributed by atoms with Crippen LogP contribution in [0.15, 0.2) is 12.1 Å². The second-order valence-corrected chi connectivity index (χ2v) is 13.1. The molecule has 2 fully saturated rings. The van der Waals surface area contributed by atoms with E-state index in [1.54, 1.807) is 50.1 Å². The molecule has 38 heavy (non-hydrogen) atoms. The van der Waals surface area contributed by atoms with Gasteiger partial charge in [-0.25, -0.2) is 0 Å². The molecule has 2 aliphatic carbocycles. The van der Waals surface area contributed by atoms with Crippen LogP contribution in [0.25, 0.3) is 0 Å². The third kappa shape index (κ3) is 7.34. The third-order valence-corrected chi connectivity index (χ3v) is 10.7. The molecule has 2 saturated carbocycles. The fourth-order valence-electron chi connectivity index (χ4n) is 7.81. The molecule has 0 N–H and O–H groups in total. The highest BCUT2D eigenvalue weighted by Crippen LogP contribution is 2.37. The van der Waals surface area contributed by atoms with E-state index in [1.165, 1.54) is 76.2 Å². The van der Waals surface area contributed by atoms with Crippen LogP contribution in [0.1, 0.15) is 136 Å². The first kappa shape index (κ1) is 32.7. The number of hydrogen-bond donors (Lipinski definition) is 0. The maximum Gasteiger partial charge on any atom is -0.0245 e. The molecule has 0 radical (unpaired) electrons. The van der Waals surface area contributed by atoms with E-state index in [2.05, 4.69) is 67.5 Å². The molecule has 2 aliphatic rings. The largest absolute Gasteiger partial charge is 0.0776 e. The minimum absolute atomic E-state index is 0. The van der Waals surface area contributed by atoms with Gasteiger partial charge in [0.25, 0.3) is 0 Å². The highest BCUT2D eigenvalue weighted by atomic mass is 14.3. The molecule has 0 nitrogen and oxygen atoms in total. The molecule has 214 valence electrons. The molecule has 0 spiro atoms. The molecule has 2 aromatic rings. The zero-order valence-electron chi connectivity index (χ0n) is 24.9. The van der Waals surface area contributed by atoms with E-state index in [1.807, 2.05) is 0 Å². The Bertz CT molecular complexity index is 1040. The topological polar surface area (TPSA) is 0 Å². The molecule has 0 unspecified atom stereocenters.